The van der Waals surface area contributed by atoms with Crippen LogP contribution in [0.15, 0.2) is 40.9 Å². The maximum atomic E-state index is 3.68. The number of nitrogens with zero attached hydrogens (tertiary/aromatic N) is 1. The lowest BCUT2D eigenvalue weighted by molar-refractivity contribution is 0.725. The number of hydrogen-bond acceptors (Lipinski definition) is 2. The predicted molar refractivity (Wildman–Crippen MR) is 95.5 cm³/mol. The van der Waals surface area contributed by atoms with Crippen LogP contribution in [0.5, 0.6) is 0 Å². The van der Waals surface area contributed by atoms with E-state index in [0.717, 1.165) is 17.6 Å². The van der Waals surface area contributed by atoms with Gasteiger partial charge in [-0.25, -0.2) is 0 Å². The third-order valence-corrected chi connectivity index (χ3v) is 4.32. The Balaban J connectivity index is 2.26. The minimum Gasteiger partial charge on any atom is -0.345 e. The summed E-state index contributed by atoms with van der Waals surface area (Å²) in [6.45, 7) is 8.27. The summed E-state index contributed by atoms with van der Waals surface area (Å²) >= 11 is 3.68. The smallest absolute Gasteiger partial charge is 0.0419 e. The molecule has 1 N–H and O–H groups in total. The van der Waals surface area contributed by atoms with Crippen molar-refractivity contribution in [2.24, 2.45) is 0 Å². The summed E-state index contributed by atoms with van der Waals surface area (Å²) in [7, 11) is 2.11. The Labute approximate surface area is 136 Å². The fraction of sp³-hybridized carbons (Fsp3) is 0.333. The standard InChI is InChI=1S/C18H23BrN2/c1-5-20-12-15-6-7-16(11-18(15)19)21(4)17-9-13(2)8-14(3)10-17/h6-11,20H,5,12H2,1-4H3. The Kier molecular flexibility index (Phi) is 5.43. The van der Waals surface area contributed by atoms with E-state index in [2.05, 4.69) is 90.4 Å². The number of benzene rings is 2. The van der Waals surface area contributed by atoms with E-state index in [4.69, 9.17) is 0 Å². The summed E-state index contributed by atoms with van der Waals surface area (Å²) < 4.78 is 1.15. The highest BCUT2D eigenvalue weighted by Crippen LogP contribution is 2.29. The molecule has 2 rings (SSSR count). The highest BCUT2D eigenvalue weighted by Gasteiger charge is 2.08. The van der Waals surface area contributed by atoms with Gasteiger partial charge in [0.05, 0.1) is 0 Å². The Morgan fingerprint density at radius 3 is 2.24 bits per heavy atom. The first-order chi connectivity index (χ1) is 10.0. The molecule has 0 heterocycles. The van der Waals surface area contributed by atoms with Gasteiger partial charge in [-0.15, -0.1) is 0 Å². The molecule has 0 saturated carbocycles. The van der Waals surface area contributed by atoms with Gasteiger partial charge < -0.3 is 10.2 Å². The molecule has 0 radical (unpaired) electrons. The number of rotatable bonds is 5. The van der Waals surface area contributed by atoms with Gasteiger partial charge in [0.1, 0.15) is 0 Å². The van der Waals surface area contributed by atoms with Gasteiger partial charge in [0.25, 0.3) is 0 Å². The van der Waals surface area contributed by atoms with Crippen molar-refractivity contribution in [1.82, 2.24) is 5.32 Å². The fourth-order valence-electron chi connectivity index (χ4n) is 2.44. The molecule has 112 valence electrons. The van der Waals surface area contributed by atoms with Gasteiger partial charge in [0, 0.05) is 29.4 Å². The highest BCUT2D eigenvalue weighted by atomic mass is 79.9. The number of anilines is 2. The molecule has 3 heteroatoms. The third-order valence-electron chi connectivity index (χ3n) is 3.58. The first-order valence-electron chi connectivity index (χ1n) is 7.32. The molecular formula is C18H23BrN2. The molecule has 21 heavy (non-hydrogen) atoms. The van der Waals surface area contributed by atoms with Crippen LogP contribution in [-0.2, 0) is 6.54 Å². The predicted octanol–water partition coefficient (Wildman–Crippen LogP) is 4.94. The van der Waals surface area contributed by atoms with Crippen LogP contribution in [0.25, 0.3) is 0 Å². The molecule has 2 aromatic rings. The van der Waals surface area contributed by atoms with Crippen LogP contribution >= 0.6 is 15.9 Å². The maximum absolute atomic E-state index is 3.68. The van der Waals surface area contributed by atoms with Gasteiger partial charge in [-0.3, -0.25) is 0 Å². The lowest BCUT2D eigenvalue weighted by atomic mass is 10.1. The van der Waals surface area contributed by atoms with Crippen LogP contribution in [0.4, 0.5) is 11.4 Å². The normalized spacial score (nSPS) is 10.7. The van der Waals surface area contributed by atoms with E-state index in [1.165, 1.54) is 28.1 Å². The first-order valence-corrected chi connectivity index (χ1v) is 8.11. The van der Waals surface area contributed by atoms with Crippen molar-refractivity contribution in [2.45, 2.75) is 27.3 Å². The van der Waals surface area contributed by atoms with E-state index in [-0.39, 0.29) is 0 Å². The van der Waals surface area contributed by atoms with E-state index in [9.17, 15) is 0 Å². The molecule has 0 aliphatic heterocycles. The van der Waals surface area contributed by atoms with Gasteiger partial charge >= 0.3 is 0 Å². The quantitative estimate of drug-likeness (QED) is 0.824. The molecule has 0 unspecified atom stereocenters. The summed E-state index contributed by atoms with van der Waals surface area (Å²) in [6, 6.07) is 13.2. The van der Waals surface area contributed by atoms with Crippen LogP contribution < -0.4 is 10.2 Å². The second-order valence-electron chi connectivity index (χ2n) is 5.46. The summed E-state index contributed by atoms with van der Waals surface area (Å²) in [5, 5.41) is 3.36. The number of hydrogen-bond donors (Lipinski definition) is 1. The Hall–Kier alpha value is -1.32. The van der Waals surface area contributed by atoms with Crippen molar-refractivity contribution in [3.05, 3.63) is 57.6 Å². The van der Waals surface area contributed by atoms with E-state index < -0.39 is 0 Å². The third kappa shape index (κ3) is 4.08. The Morgan fingerprint density at radius 1 is 1.00 bits per heavy atom. The van der Waals surface area contributed by atoms with Gasteiger partial charge in [-0.2, -0.15) is 0 Å². The average molecular weight is 347 g/mol. The molecule has 0 atom stereocenters. The van der Waals surface area contributed by atoms with Crippen molar-refractivity contribution in [3.63, 3.8) is 0 Å². The molecule has 0 aromatic heterocycles. The van der Waals surface area contributed by atoms with Crippen molar-refractivity contribution >= 4 is 27.3 Å². The van der Waals surface area contributed by atoms with Crippen molar-refractivity contribution in [2.75, 3.05) is 18.5 Å². The number of halogens is 1. The largest absolute Gasteiger partial charge is 0.345 e. The minimum absolute atomic E-state index is 0.893. The summed E-state index contributed by atoms with van der Waals surface area (Å²) in [5.74, 6) is 0. The molecule has 2 aromatic carbocycles. The van der Waals surface area contributed by atoms with Crippen LogP contribution in [0.1, 0.15) is 23.6 Å². The average Bonchev–Trinajstić information content (AvgIpc) is 2.44. The molecule has 0 bridgehead atoms. The number of aryl methyl sites for hydroxylation is 2. The fourth-order valence-corrected chi connectivity index (χ4v) is 2.95. The monoisotopic (exact) mass is 346 g/mol. The van der Waals surface area contributed by atoms with Gasteiger partial charge in [-0.1, -0.05) is 35.0 Å². The molecule has 0 aliphatic carbocycles. The van der Waals surface area contributed by atoms with Crippen LogP contribution in [0, 0.1) is 13.8 Å². The molecule has 0 spiro atoms. The summed E-state index contributed by atoms with van der Waals surface area (Å²) in [4.78, 5) is 2.22. The van der Waals surface area contributed by atoms with E-state index in [1.54, 1.807) is 0 Å². The summed E-state index contributed by atoms with van der Waals surface area (Å²) in [6.07, 6.45) is 0. The lowest BCUT2D eigenvalue weighted by Gasteiger charge is -2.21. The SMILES string of the molecule is CCNCc1ccc(N(C)c2cc(C)cc(C)c2)cc1Br. The van der Waals surface area contributed by atoms with Crippen LogP contribution in [0.2, 0.25) is 0 Å². The van der Waals surface area contributed by atoms with Crippen molar-refractivity contribution in [1.29, 1.82) is 0 Å². The first kappa shape index (κ1) is 16.1. The Morgan fingerprint density at radius 2 is 1.67 bits per heavy atom. The van der Waals surface area contributed by atoms with E-state index in [0.29, 0.717) is 0 Å². The zero-order valence-corrected chi connectivity index (χ0v) is 14.8. The van der Waals surface area contributed by atoms with Crippen LogP contribution in [0.3, 0.4) is 0 Å². The second-order valence-corrected chi connectivity index (χ2v) is 6.32. The molecule has 0 aliphatic rings. The molecule has 2 nitrogen and oxygen atoms in total. The minimum atomic E-state index is 0.893. The summed E-state index contributed by atoms with van der Waals surface area (Å²) in [5.41, 5.74) is 6.28. The number of nitrogens with one attached hydrogen (secondary N) is 1. The second kappa shape index (κ2) is 7.10. The van der Waals surface area contributed by atoms with Gasteiger partial charge in [0.2, 0.25) is 0 Å². The van der Waals surface area contributed by atoms with Crippen molar-refractivity contribution in [3.8, 4) is 0 Å². The van der Waals surface area contributed by atoms with Crippen molar-refractivity contribution < 1.29 is 0 Å². The topological polar surface area (TPSA) is 15.3 Å². The lowest BCUT2D eigenvalue weighted by Crippen LogP contribution is -2.13. The van der Waals surface area contributed by atoms with E-state index in [1.807, 2.05) is 0 Å². The van der Waals surface area contributed by atoms with E-state index >= 15 is 0 Å². The maximum Gasteiger partial charge on any atom is 0.0419 e. The zero-order valence-electron chi connectivity index (χ0n) is 13.2. The molecular weight excluding hydrogens is 324 g/mol. The highest BCUT2D eigenvalue weighted by molar-refractivity contribution is 9.10. The van der Waals surface area contributed by atoms with Gasteiger partial charge in [0.15, 0.2) is 0 Å². The zero-order chi connectivity index (χ0) is 15.4. The molecule has 0 amide bonds. The van der Waals surface area contributed by atoms with Gasteiger partial charge in [-0.05, 0) is 61.3 Å². The molecule has 0 fully saturated rings. The van der Waals surface area contributed by atoms with Crippen LogP contribution in [-0.4, -0.2) is 13.6 Å². The molecule has 0 saturated heterocycles. The Bertz CT molecular complexity index is 602.